The maximum Gasteiger partial charge on any atom is 0.417 e. The third-order valence-corrected chi connectivity index (χ3v) is 7.44. The highest BCUT2D eigenvalue weighted by Crippen LogP contribution is 2.22. The number of nitrogens with one attached hydrogen (secondary N) is 2. The third kappa shape index (κ3) is 15.4. The molecule has 6 N–H and O–H groups in total. The average molecular weight is 683 g/mol. The van der Waals surface area contributed by atoms with Crippen LogP contribution < -0.4 is 22.1 Å². The van der Waals surface area contributed by atoms with Crippen LogP contribution in [0.25, 0.3) is 0 Å². The van der Waals surface area contributed by atoms with Gasteiger partial charge in [0.15, 0.2) is 12.2 Å². The van der Waals surface area contributed by atoms with Crippen LogP contribution in [0.3, 0.4) is 0 Å². The molecule has 1 aliphatic heterocycles. The van der Waals surface area contributed by atoms with Gasteiger partial charge < -0.3 is 36.3 Å². The van der Waals surface area contributed by atoms with Crippen molar-refractivity contribution in [3.63, 3.8) is 0 Å². The van der Waals surface area contributed by atoms with Crippen LogP contribution in [0, 0.1) is 5.92 Å². The number of nitrogens with two attached hydrogens (primary N) is 2. The van der Waals surface area contributed by atoms with Crippen LogP contribution in [-0.4, -0.2) is 78.8 Å². The van der Waals surface area contributed by atoms with Crippen LogP contribution in [0.4, 0.5) is 4.79 Å². The van der Waals surface area contributed by atoms with Crippen molar-refractivity contribution in [2.75, 3.05) is 19.8 Å². The summed E-state index contributed by atoms with van der Waals surface area (Å²) in [7, 11) is 0. The van der Waals surface area contributed by atoms with E-state index in [0.717, 1.165) is 36.1 Å². The SMILES string of the molecule is CCCCOC(OCCCC)[C@H](CCCN=C(N)N)NC(=O)[C@H](CC(C)C)NC(=O)[C@H]1CCC(=O)N1C(=O)OCc1ccccc1.Cl. The average Bonchev–Trinajstić information content (AvgIpc) is 3.42. The molecule has 0 spiro atoms. The van der Waals surface area contributed by atoms with E-state index in [1.54, 1.807) is 12.1 Å². The molecule has 0 saturated carbocycles. The maximum absolute atomic E-state index is 13.8. The van der Waals surface area contributed by atoms with Crippen molar-refractivity contribution in [2.45, 2.75) is 117 Å². The Hall–Kier alpha value is -3.42. The fourth-order valence-electron chi connectivity index (χ4n) is 4.97. The summed E-state index contributed by atoms with van der Waals surface area (Å²) in [5.41, 5.74) is 11.7. The van der Waals surface area contributed by atoms with Gasteiger partial charge in [0.25, 0.3) is 0 Å². The first-order valence-corrected chi connectivity index (χ1v) is 16.5. The van der Waals surface area contributed by atoms with Crippen molar-refractivity contribution in [3.8, 4) is 0 Å². The summed E-state index contributed by atoms with van der Waals surface area (Å²) in [6, 6.07) is 6.49. The van der Waals surface area contributed by atoms with E-state index >= 15 is 0 Å². The molecule has 47 heavy (non-hydrogen) atoms. The minimum atomic E-state index is -1.09. The summed E-state index contributed by atoms with van der Waals surface area (Å²) in [5, 5.41) is 5.87. The Balaban J connectivity index is 0.0000110. The van der Waals surface area contributed by atoms with Crippen LogP contribution in [0.1, 0.15) is 91.0 Å². The molecule has 1 aromatic rings. The van der Waals surface area contributed by atoms with E-state index in [1.807, 2.05) is 32.0 Å². The number of unbranched alkanes of at least 4 members (excludes halogenated alkanes) is 2. The van der Waals surface area contributed by atoms with Crippen molar-refractivity contribution >= 4 is 42.2 Å². The second-order valence-corrected chi connectivity index (χ2v) is 11.9. The first-order valence-electron chi connectivity index (χ1n) is 16.5. The number of guanidine groups is 1. The van der Waals surface area contributed by atoms with Crippen molar-refractivity contribution in [3.05, 3.63) is 35.9 Å². The number of amides is 4. The van der Waals surface area contributed by atoms with E-state index in [4.69, 9.17) is 25.7 Å². The molecule has 1 aliphatic rings. The molecule has 14 heteroatoms. The number of hydrogen-bond acceptors (Lipinski definition) is 8. The fourth-order valence-corrected chi connectivity index (χ4v) is 4.97. The Morgan fingerprint density at radius 3 is 2.21 bits per heavy atom. The zero-order valence-electron chi connectivity index (χ0n) is 28.3. The smallest absolute Gasteiger partial charge is 0.417 e. The van der Waals surface area contributed by atoms with Gasteiger partial charge in [-0.05, 0) is 50.0 Å². The highest BCUT2D eigenvalue weighted by molar-refractivity contribution is 6.01. The molecule has 4 amide bonds. The lowest BCUT2D eigenvalue weighted by Gasteiger charge is -2.31. The Kier molecular flexibility index (Phi) is 20.4. The van der Waals surface area contributed by atoms with Gasteiger partial charge in [-0.2, -0.15) is 0 Å². The van der Waals surface area contributed by atoms with E-state index in [0.29, 0.717) is 39.0 Å². The summed E-state index contributed by atoms with van der Waals surface area (Å²) in [4.78, 5) is 57.8. The lowest BCUT2D eigenvalue weighted by Crippen LogP contribution is -2.57. The number of carbonyl (C=O) groups is 4. The zero-order valence-corrected chi connectivity index (χ0v) is 29.1. The second-order valence-electron chi connectivity index (χ2n) is 11.9. The monoisotopic (exact) mass is 682 g/mol. The van der Waals surface area contributed by atoms with E-state index < -0.39 is 48.2 Å². The number of rotatable bonds is 21. The Bertz CT molecular complexity index is 1110. The number of carbonyl (C=O) groups excluding carboxylic acids is 4. The number of ether oxygens (including phenoxy) is 3. The molecular weight excluding hydrogens is 628 g/mol. The topological polar surface area (TPSA) is 188 Å². The second kappa shape index (κ2) is 23.0. The molecule has 1 saturated heterocycles. The first-order chi connectivity index (χ1) is 22.1. The number of halogens is 1. The molecule has 0 bridgehead atoms. The van der Waals surface area contributed by atoms with E-state index in [-0.39, 0.29) is 43.7 Å². The molecule has 13 nitrogen and oxygen atoms in total. The maximum atomic E-state index is 13.8. The Morgan fingerprint density at radius 2 is 1.64 bits per heavy atom. The normalized spacial score (nSPS) is 15.6. The molecule has 0 unspecified atom stereocenters. The van der Waals surface area contributed by atoms with Crippen molar-refractivity contribution in [2.24, 2.45) is 22.4 Å². The first kappa shape index (κ1) is 41.6. The van der Waals surface area contributed by atoms with Gasteiger partial charge >= 0.3 is 6.09 Å². The van der Waals surface area contributed by atoms with Gasteiger partial charge in [-0.1, -0.05) is 70.9 Å². The van der Waals surface area contributed by atoms with Crippen LogP contribution in [0.5, 0.6) is 0 Å². The van der Waals surface area contributed by atoms with Gasteiger partial charge in [0.2, 0.25) is 17.7 Å². The highest BCUT2D eigenvalue weighted by Gasteiger charge is 2.42. The predicted octanol–water partition coefficient (Wildman–Crippen LogP) is 3.76. The number of nitrogens with zero attached hydrogens (tertiary/aromatic N) is 2. The van der Waals surface area contributed by atoms with Gasteiger partial charge in [-0.3, -0.25) is 19.4 Å². The molecule has 266 valence electrons. The number of imide groups is 1. The van der Waals surface area contributed by atoms with E-state index in [2.05, 4.69) is 29.5 Å². The number of benzene rings is 1. The van der Waals surface area contributed by atoms with Crippen LogP contribution in [0.15, 0.2) is 35.3 Å². The minimum absolute atomic E-state index is 0. The number of likely N-dealkylation sites (tertiary alicyclic amines) is 1. The molecule has 1 aromatic carbocycles. The van der Waals surface area contributed by atoms with E-state index in [9.17, 15) is 19.2 Å². The van der Waals surface area contributed by atoms with Gasteiger partial charge in [-0.15, -0.1) is 12.4 Å². The van der Waals surface area contributed by atoms with Crippen LogP contribution >= 0.6 is 12.4 Å². The third-order valence-electron chi connectivity index (χ3n) is 7.44. The van der Waals surface area contributed by atoms with Gasteiger partial charge in [0.05, 0.1) is 6.04 Å². The van der Waals surface area contributed by atoms with Crippen molar-refractivity contribution < 1.29 is 33.4 Å². The molecule has 0 aliphatic carbocycles. The lowest BCUT2D eigenvalue weighted by molar-refractivity contribution is -0.166. The van der Waals surface area contributed by atoms with Crippen LogP contribution in [-0.2, 0) is 35.2 Å². The summed E-state index contributed by atoms with van der Waals surface area (Å²) in [6.07, 6.45) is 3.43. The molecule has 2 rings (SSSR count). The molecule has 0 aromatic heterocycles. The van der Waals surface area contributed by atoms with E-state index in [1.165, 1.54) is 0 Å². The van der Waals surface area contributed by atoms with Gasteiger partial charge in [-0.25, -0.2) is 9.69 Å². The Morgan fingerprint density at radius 1 is 1.00 bits per heavy atom. The lowest BCUT2D eigenvalue weighted by atomic mass is 10.0. The zero-order chi connectivity index (χ0) is 33.9. The number of aliphatic imine (C=N–C) groups is 1. The quantitative estimate of drug-likeness (QED) is 0.0648. The Labute approximate surface area is 285 Å². The van der Waals surface area contributed by atoms with Crippen LogP contribution in [0.2, 0.25) is 0 Å². The molecular formula is C33H55ClN6O7. The van der Waals surface area contributed by atoms with Gasteiger partial charge in [0.1, 0.15) is 18.7 Å². The molecule has 1 heterocycles. The summed E-state index contributed by atoms with van der Waals surface area (Å²) in [5.74, 6) is -1.48. The van der Waals surface area contributed by atoms with Crippen molar-refractivity contribution in [1.82, 2.24) is 15.5 Å². The van der Waals surface area contributed by atoms with Crippen molar-refractivity contribution in [1.29, 1.82) is 0 Å². The predicted molar refractivity (Wildman–Crippen MR) is 182 cm³/mol. The number of hydrogen-bond donors (Lipinski definition) is 4. The van der Waals surface area contributed by atoms with Gasteiger partial charge in [0, 0.05) is 26.2 Å². The summed E-state index contributed by atoms with van der Waals surface area (Å²) < 4.78 is 17.5. The molecule has 1 fully saturated rings. The summed E-state index contributed by atoms with van der Waals surface area (Å²) in [6.45, 7) is 9.26. The minimum Gasteiger partial charge on any atom is -0.444 e. The molecule has 3 atom stereocenters. The highest BCUT2D eigenvalue weighted by atomic mass is 35.5. The standard InChI is InChI=1S/C33H54N6O7.ClH/c1-5-7-19-44-31(45-20-8-6-2)25(15-12-18-36-32(34)35)37-29(41)26(21-23(3)4)38-30(42)27-16-17-28(40)39(27)33(43)46-22-24-13-10-9-11-14-24;/h9-11,13-14,23,25-27,31H,5-8,12,15-22H2,1-4H3,(H,37,41)(H,38,42)(H4,34,35,36);1H/t25-,26-,27+;/m0./s1. The fraction of sp³-hybridized carbons (Fsp3) is 0.667. The molecule has 0 radical (unpaired) electrons. The largest absolute Gasteiger partial charge is 0.444 e. The summed E-state index contributed by atoms with van der Waals surface area (Å²) >= 11 is 0.